The molecule has 0 spiro atoms. The highest BCUT2D eigenvalue weighted by atomic mass is 16.2. The molecule has 0 bridgehead atoms. The van der Waals surface area contributed by atoms with Crippen LogP contribution in [0.3, 0.4) is 0 Å². The SMILES string of the molecule is CC1(C(=O)NCCCN2CCCCC2)CCCCN1. The molecule has 2 heterocycles. The lowest BCUT2D eigenvalue weighted by Gasteiger charge is -2.33. The molecule has 0 aromatic rings. The Labute approximate surface area is 117 Å². The quantitative estimate of drug-likeness (QED) is 0.742. The van der Waals surface area contributed by atoms with E-state index >= 15 is 0 Å². The minimum absolute atomic E-state index is 0.186. The first-order valence-corrected chi connectivity index (χ1v) is 7.96. The van der Waals surface area contributed by atoms with Gasteiger partial charge in [0.05, 0.1) is 5.54 Å². The predicted octanol–water partition coefficient (Wildman–Crippen LogP) is 1.51. The van der Waals surface area contributed by atoms with Gasteiger partial charge in [0.1, 0.15) is 0 Å². The number of piperidine rings is 2. The Morgan fingerprint density at radius 1 is 1.21 bits per heavy atom. The van der Waals surface area contributed by atoms with E-state index in [2.05, 4.69) is 15.5 Å². The summed E-state index contributed by atoms with van der Waals surface area (Å²) in [5.41, 5.74) is -0.330. The van der Waals surface area contributed by atoms with Gasteiger partial charge in [-0.05, 0) is 71.6 Å². The van der Waals surface area contributed by atoms with Crippen molar-refractivity contribution in [3.8, 4) is 0 Å². The second kappa shape index (κ2) is 7.25. The zero-order valence-corrected chi connectivity index (χ0v) is 12.3. The number of rotatable bonds is 5. The van der Waals surface area contributed by atoms with E-state index in [9.17, 15) is 4.79 Å². The molecule has 0 aromatic heterocycles. The lowest BCUT2D eigenvalue weighted by molar-refractivity contribution is -0.127. The van der Waals surface area contributed by atoms with Gasteiger partial charge in [-0.1, -0.05) is 6.42 Å². The zero-order chi connectivity index (χ0) is 13.6. The van der Waals surface area contributed by atoms with E-state index in [4.69, 9.17) is 0 Å². The van der Waals surface area contributed by atoms with Gasteiger partial charge in [0.15, 0.2) is 0 Å². The summed E-state index contributed by atoms with van der Waals surface area (Å²) in [7, 11) is 0. The Morgan fingerprint density at radius 2 is 2.00 bits per heavy atom. The van der Waals surface area contributed by atoms with Crippen LogP contribution in [0.15, 0.2) is 0 Å². The van der Waals surface area contributed by atoms with Crippen LogP contribution in [0.2, 0.25) is 0 Å². The number of hydrogen-bond donors (Lipinski definition) is 2. The first kappa shape index (κ1) is 14.8. The fraction of sp³-hybridized carbons (Fsp3) is 0.933. The maximum Gasteiger partial charge on any atom is 0.240 e. The lowest BCUT2D eigenvalue weighted by atomic mass is 9.90. The van der Waals surface area contributed by atoms with E-state index in [1.165, 1.54) is 38.8 Å². The fourth-order valence-corrected chi connectivity index (χ4v) is 3.13. The average Bonchev–Trinajstić information content (AvgIpc) is 2.45. The third-order valence-corrected chi connectivity index (χ3v) is 4.51. The second-order valence-corrected chi connectivity index (χ2v) is 6.23. The molecule has 2 fully saturated rings. The van der Waals surface area contributed by atoms with Crippen molar-refractivity contribution >= 4 is 5.91 Å². The van der Waals surface area contributed by atoms with Crippen molar-refractivity contribution in [2.24, 2.45) is 0 Å². The molecule has 0 aliphatic carbocycles. The second-order valence-electron chi connectivity index (χ2n) is 6.23. The number of carbonyl (C=O) groups excluding carboxylic acids is 1. The van der Waals surface area contributed by atoms with Crippen LogP contribution in [0.1, 0.15) is 51.9 Å². The van der Waals surface area contributed by atoms with Crippen LogP contribution >= 0.6 is 0 Å². The molecule has 1 unspecified atom stereocenters. The molecule has 4 nitrogen and oxygen atoms in total. The monoisotopic (exact) mass is 267 g/mol. The summed E-state index contributed by atoms with van der Waals surface area (Å²) in [5, 5.41) is 6.47. The van der Waals surface area contributed by atoms with Crippen molar-refractivity contribution in [3.05, 3.63) is 0 Å². The summed E-state index contributed by atoms with van der Waals surface area (Å²) < 4.78 is 0. The van der Waals surface area contributed by atoms with Crippen LogP contribution in [0.4, 0.5) is 0 Å². The van der Waals surface area contributed by atoms with Crippen LogP contribution in [-0.4, -0.2) is 49.1 Å². The molecule has 2 rings (SSSR count). The molecule has 110 valence electrons. The molecule has 0 aromatic carbocycles. The van der Waals surface area contributed by atoms with Crippen LogP contribution in [0, 0.1) is 0 Å². The van der Waals surface area contributed by atoms with Crippen LogP contribution < -0.4 is 10.6 Å². The van der Waals surface area contributed by atoms with Crippen LogP contribution in [0.5, 0.6) is 0 Å². The molecule has 2 saturated heterocycles. The van der Waals surface area contributed by atoms with E-state index in [-0.39, 0.29) is 11.4 Å². The summed E-state index contributed by atoms with van der Waals surface area (Å²) >= 11 is 0. The molecule has 1 atom stereocenters. The Balaban J connectivity index is 1.60. The van der Waals surface area contributed by atoms with Gasteiger partial charge in [-0.15, -0.1) is 0 Å². The number of hydrogen-bond acceptors (Lipinski definition) is 3. The maximum atomic E-state index is 12.2. The first-order chi connectivity index (χ1) is 9.21. The van der Waals surface area contributed by atoms with E-state index in [0.29, 0.717) is 0 Å². The van der Waals surface area contributed by atoms with Gasteiger partial charge in [0.25, 0.3) is 0 Å². The number of nitrogens with one attached hydrogen (secondary N) is 2. The van der Waals surface area contributed by atoms with Crippen molar-refractivity contribution in [2.45, 2.75) is 57.4 Å². The molecule has 2 aliphatic rings. The Kier molecular flexibility index (Phi) is 5.64. The van der Waals surface area contributed by atoms with Gasteiger partial charge >= 0.3 is 0 Å². The molecule has 2 aliphatic heterocycles. The zero-order valence-electron chi connectivity index (χ0n) is 12.3. The topological polar surface area (TPSA) is 44.4 Å². The lowest BCUT2D eigenvalue weighted by Crippen LogP contribution is -2.57. The van der Waals surface area contributed by atoms with Gasteiger partial charge in [-0.25, -0.2) is 0 Å². The summed E-state index contributed by atoms with van der Waals surface area (Å²) in [5.74, 6) is 0.186. The number of nitrogens with zero attached hydrogens (tertiary/aromatic N) is 1. The van der Waals surface area contributed by atoms with Gasteiger partial charge in [0, 0.05) is 6.54 Å². The van der Waals surface area contributed by atoms with Gasteiger partial charge < -0.3 is 15.5 Å². The number of likely N-dealkylation sites (tertiary alicyclic amines) is 1. The van der Waals surface area contributed by atoms with Crippen LogP contribution in [0.25, 0.3) is 0 Å². The van der Waals surface area contributed by atoms with Gasteiger partial charge in [-0.3, -0.25) is 4.79 Å². The Bertz CT molecular complexity index is 281. The highest BCUT2D eigenvalue weighted by molar-refractivity contribution is 5.85. The molecule has 19 heavy (non-hydrogen) atoms. The molecule has 0 saturated carbocycles. The molecule has 0 radical (unpaired) electrons. The minimum atomic E-state index is -0.330. The van der Waals surface area contributed by atoms with E-state index < -0.39 is 0 Å². The average molecular weight is 267 g/mol. The van der Waals surface area contributed by atoms with Crippen molar-refractivity contribution in [3.63, 3.8) is 0 Å². The minimum Gasteiger partial charge on any atom is -0.354 e. The molecular formula is C15H29N3O. The molecular weight excluding hydrogens is 238 g/mol. The Hall–Kier alpha value is -0.610. The number of amides is 1. The van der Waals surface area contributed by atoms with Crippen molar-refractivity contribution in [2.75, 3.05) is 32.7 Å². The smallest absolute Gasteiger partial charge is 0.240 e. The molecule has 2 N–H and O–H groups in total. The standard InChI is InChI=1S/C15H29N3O/c1-15(8-3-4-10-17-15)14(19)16-9-7-13-18-11-5-2-6-12-18/h17H,2-13H2,1H3,(H,16,19). The normalized spacial score (nSPS) is 29.1. The third kappa shape index (κ3) is 4.46. The first-order valence-electron chi connectivity index (χ1n) is 7.96. The molecule has 1 amide bonds. The van der Waals surface area contributed by atoms with Gasteiger partial charge in [0.2, 0.25) is 5.91 Å². The summed E-state index contributed by atoms with van der Waals surface area (Å²) in [6.07, 6.45) is 8.45. The predicted molar refractivity (Wildman–Crippen MR) is 78.2 cm³/mol. The third-order valence-electron chi connectivity index (χ3n) is 4.51. The van der Waals surface area contributed by atoms with E-state index in [1.54, 1.807) is 0 Å². The molecule has 4 heteroatoms. The fourth-order valence-electron chi connectivity index (χ4n) is 3.13. The van der Waals surface area contributed by atoms with E-state index in [0.717, 1.165) is 38.9 Å². The van der Waals surface area contributed by atoms with Gasteiger partial charge in [-0.2, -0.15) is 0 Å². The highest BCUT2D eigenvalue weighted by Crippen LogP contribution is 2.18. The van der Waals surface area contributed by atoms with Crippen molar-refractivity contribution < 1.29 is 4.79 Å². The van der Waals surface area contributed by atoms with Crippen molar-refractivity contribution in [1.29, 1.82) is 0 Å². The maximum absolute atomic E-state index is 12.2. The summed E-state index contributed by atoms with van der Waals surface area (Å²) in [6, 6.07) is 0. The largest absolute Gasteiger partial charge is 0.354 e. The highest BCUT2D eigenvalue weighted by Gasteiger charge is 2.33. The number of carbonyl (C=O) groups is 1. The van der Waals surface area contributed by atoms with Crippen LogP contribution in [-0.2, 0) is 4.79 Å². The van der Waals surface area contributed by atoms with E-state index in [1.807, 2.05) is 6.92 Å². The summed E-state index contributed by atoms with van der Waals surface area (Å²) in [6.45, 7) is 7.43. The van der Waals surface area contributed by atoms with Crippen molar-refractivity contribution in [1.82, 2.24) is 15.5 Å². The summed E-state index contributed by atoms with van der Waals surface area (Å²) in [4.78, 5) is 14.7. The Morgan fingerprint density at radius 3 is 2.68 bits per heavy atom.